The van der Waals surface area contributed by atoms with Gasteiger partial charge in [0, 0.05) is 13.8 Å². The van der Waals surface area contributed by atoms with Gasteiger partial charge in [-0.1, -0.05) is 65.1 Å². The number of nitrogens with one attached hydrogen (secondary N) is 2. The third kappa shape index (κ3) is 8.68. The predicted octanol–water partition coefficient (Wildman–Crippen LogP) is 3.02. The molecule has 2 saturated heterocycles. The van der Waals surface area contributed by atoms with Crippen molar-refractivity contribution in [2.24, 2.45) is 0 Å². The first-order valence-electron chi connectivity index (χ1n) is 14.1. The van der Waals surface area contributed by atoms with Crippen molar-refractivity contribution in [3.05, 3.63) is 59.7 Å². The van der Waals surface area contributed by atoms with Crippen LogP contribution < -0.4 is 20.1 Å². The van der Waals surface area contributed by atoms with Crippen LogP contribution in [-0.2, 0) is 44.8 Å². The summed E-state index contributed by atoms with van der Waals surface area (Å²) in [6.07, 6.45) is -1.05. The summed E-state index contributed by atoms with van der Waals surface area (Å²) >= 11 is 17.9. The Morgan fingerprint density at radius 1 is 0.959 bits per heavy atom. The zero-order valence-corrected chi connectivity index (χ0v) is 28.9. The minimum Gasteiger partial charge on any atom is -0.461 e. The first-order chi connectivity index (χ1) is 23.0. The highest BCUT2D eigenvalue weighted by Gasteiger charge is 2.74. The van der Waals surface area contributed by atoms with E-state index in [1.54, 1.807) is 30.3 Å². The molecule has 2 aromatic rings. The fourth-order valence-corrected chi connectivity index (χ4v) is 6.85. The number of hydrogen-bond donors (Lipinski definition) is 2. The van der Waals surface area contributed by atoms with Crippen LogP contribution in [-0.4, -0.2) is 86.0 Å². The van der Waals surface area contributed by atoms with Crippen LogP contribution in [0.5, 0.6) is 11.5 Å². The van der Waals surface area contributed by atoms with E-state index in [0.717, 1.165) is 36.6 Å². The second-order valence-corrected chi connectivity index (χ2v) is 14.9. The Balaban J connectivity index is 1.61. The minimum atomic E-state index is -2.11. The molecule has 0 saturated carbocycles. The van der Waals surface area contributed by atoms with Crippen LogP contribution in [0.2, 0.25) is 0 Å². The van der Waals surface area contributed by atoms with Gasteiger partial charge in [0.1, 0.15) is 31.2 Å². The third-order valence-electron chi connectivity index (χ3n) is 7.01. The average molecular weight is 761 g/mol. The topological polar surface area (TPSA) is 193 Å². The lowest BCUT2D eigenvalue weighted by molar-refractivity contribution is -0.173. The molecule has 262 valence electrons. The second-order valence-electron chi connectivity index (χ2n) is 10.8. The van der Waals surface area contributed by atoms with E-state index in [2.05, 4.69) is 10.6 Å². The maximum atomic E-state index is 13.7. The van der Waals surface area contributed by atoms with E-state index in [1.165, 1.54) is 19.1 Å². The molecule has 0 radical (unpaired) electrons. The van der Waals surface area contributed by atoms with Gasteiger partial charge in [0.15, 0.2) is 11.5 Å². The van der Waals surface area contributed by atoms with E-state index in [9.17, 15) is 33.6 Å². The summed E-state index contributed by atoms with van der Waals surface area (Å²) < 4.78 is 22.7. The van der Waals surface area contributed by atoms with Gasteiger partial charge < -0.3 is 33.9 Å². The number of amides is 3. The van der Waals surface area contributed by atoms with Gasteiger partial charge in [-0.05, 0) is 30.7 Å². The van der Waals surface area contributed by atoms with Gasteiger partial charge in [0.05, 0.1) is 10.3 Å². The Bertz CT molecular complexity index is 1660. The summed E-state index contributed by atoms with van der Waals surface area (Å²) in [6.45, 7) is 2.40. The average Bonchev–Trinajstić information content (AvgIpc) is 3.32. The standard InChI is InChI=1S/C30H28Cl3N3O12S/c1-16(38)47-20-10-9-19(11-21(20)48-17(2)39)23(40)45-13-28(3)22(24(41)44-12-18-7-5-4-6-8-18)36-25(42)30(34-15-37,26(36)49-28)35-27(43)46-14-29(31,32)33/h4-11,15,22,26H,12-14H2,1-3H3,(H,34,37)(H,35,43)/t22?,26-,28-,30+/m0/s1. The van der Waals surface area contributed by atoms with E-state index in [0.29, 0.717) is 5.56 Å². The number of alkyl carbamates (subject to hydrolysis) is 1. The zero-order chi connectivity index (χ0) is 36.1. The summed E-state index contributed by atoms with van der Waals surface area (Å²) in [5.41, 5.74) is -1.57. The summed E-state index contributed by atoms with van der Waals surface area (Å²) in [5, 5.41) is 3.44. The van der Waals surface area contributed by atoms with Crippen LogP contribution in [0.25, 0.3) is 0 Å². The highest BCUT2D eigenvalue weighted by atomic mass is 35.6. The van der Waals surface area contributed by atoms with Crippen molar-refractivity contribution in [1.82, 2.24) is 15.5 Å². The molecule has 2 N–H and O–H groups in total. The molecular formula is C30H28Cl3N3O12S. The van der Waals surface area contributed by atoms with Crippen molar-refractivity contribution in [1.29, 1.82) is 0 Å². The Kier molecular flexibility index (Phi) is 11.6. The summed E-state index contributed by atoms with van der Waals surface area (Å²) in [5.74, 6) is -4.52. The monoisotopic (exact) mass is 759 g/mol. The second kappa shape index (κ2) is 15.1. The number of halogens is 3. The number of hydrogen-bond acceptors (Lipinski definition) is 13. The molecule has 0 aromatic heterocycles. The van der Waals surface area contributed by atoms with Crippen molar-refractivity contribution < 1.29 is 57.2 Å². The maximum absolute atomic E-state index is 13.7. The third-order valence-corrected chi connectivity index (χ3v) is 9.02. The van der Waals surface area contributed by atoms with Crippen LogP contribution >= 0.6 is 46.6 Å². The molecule has 49 heavy (non-hydrogen) atoms. The summed E-state index contributed by atoms with van der Waals surface area (Å²) in [7, 11) is 0. The number of benzene rings is 2. The Morgan fingerprint density at radius 2 is 1.61 bits per heavy atom. The molecule has 2 fully saturated rings. The molecule has 2 aliphatic rings. The molecule has 19 heteroatoms. The first kappa shape index (κ1) is 37.6. The van der Waals surface area contributed by atoms with Gasteiger partial charge in [-0.2, -0.15) is 0 Å². The van der Waals surface area contributed by atoms with Gasteiger partial charge in [-0.3, -0.25) is 24.5 Å². The molecule has 2 aromatic carbocycles. The van der Waals surface area contributed by atoms with Gasteiger partial charge in [0.25, 0.3) is 5.91 Å². The number of β-lactam (4-membered cyclic amide) rings is 1. The molecule has 0 spiro atoms. The smallest absolute Gasteiger partial charge is 0.409 e. The first-order valence-corrected chi connectivity index (χ1v) is 16.1. The van der Waals surface area contributed by atoms with Crippen molar-refractivity contribution >= 4 is 88.9 Å². The quantitative estimate of drug-likeness (QED) is 0.0611. The molecule has 1 unspecified atom stereocenters. The van der Waals surface area contributed by atoms with Crippen molar-refractivity contribution in [3.63, 3.8) is 0 Å². The molecule has 0 aliphatic carbocycles. The number of esters is 4. The van der Waals surface area contributed by atoms with E-state index in [4.69, 9.17) is 58.5 Å². The van der Waals surface area contributed by atoms with Crippen LogP contribution in [0.1, 0.15) is 36.7 Å². The van der Waals surface area contributed by atoms with Gasteiger partial charge in [-0.25, -0.2) is 14.4 Å². The van der Waals surface area contributed by atoms with Gasteiger partial charge in [-0.15, -0.1) is 11.8 Å². The fourth-order valence-electron chi connectivity index (χ4n) is 4.98. The highest BCUT2D eigenvalue weighted by Crippen LogP contribution is 2.54. The summed E-state index contributed by atoms with van der Waals surface area (Å²) in [4.78, 5) is 89.1. The molecular weight excluding hydrogens is 733 g/mol. The maximum Gasteiger partial charge on any atom is 0.409 e. The Hall–Kier alpha value is -4.25. The molecule has 4 atom stereocenters. The number of thioether (sulfide) groups is 1. The predicted molar refractivity (Wildman–Crippen MR) is 173 cm³/mol. The number of alkyl halides is 3. The van der Waals surface area contributed by atoms with Crippen LogP contribution in [0, 0.1) is 0 Å². The number of nitrogens with zero attached hydrogens (tertiary/aromatic N) is 1. The number of fused-ring (bicyclic) bond motifs is 1. The largest absolute Gasteiger partial charge is 0.461 e. The fraction of sp³-hybridized carbons (Fsp3) is 0.367. The molecule has 2 aliphatic heterocycles. The number of rotatable bonds is 12. The normalized spacial score (nSPS) is 22.5. The lowest BCUT2D eigenvalue weighted by atomic mass is 9.91. The van der Waals surface area contributed by atoms with Crippen LogP contribution in [0.3, 0.4) is 0 Å². The molecule has 15 nitrogen and oxygen atoms in total. The minimum absolute atomic E-state index is 0.114. The van der Waals surface area contributed by atoms with E-state index < -0.39 is 74.7 Å². The Labute approximate surface area is 298 Å². The van der Waals surface area contributed by atoms with E-state index in [1.807, 2.05) is 0 Å². The number of carbonyl (C=O) groups excluding carboxylic acids is 7. The van der Waals surface area contributed by atoms with Crippen LogP contribution in [0.15, 0.2) is 48.5 Å². The van der Waals surface area contributed by atoms with E-state index >= 15 is 0 Å². The molecule has 0 bridgehead atoms. The van der Waals surface area contributed by atoms with Gasteiger partial charge in [0.2, 0.25) is 15.9 Å². The lowest BCUT2D eigenvalue weighted by Crippen LogP contribution is -2.84. The summed E-state index contributed by atoms with van der Waals surface area (Å²) in [6, 6.07) is 10.9. The lowest BCUT2D eigenvalue weighted by Gasteiger charge is -2.52. The highest BCUT2D eigenvalue weighted by molar-refractivity contribution is 8.01. The van der Waals surface area contributed by atoms with Crippen molar-refractivity contribution in [2.45, 2.75) is 53.0 Å². The van der Waals surface area contributed by atoms with Crippen molar-refractivity contribution in [3.8, 4) is 11.5 Å². The number of ether oxygens (including phenoxy) is 5. The van der Waals surface area contributed by atoms with Crippen LogP contribution in [0.4, 0.5) is 4.79 Å². The number of carbonyl (C=O) groups is 7. The molecule has 3 amide bonds. The van der Waals surface area contributed by atoms with Crippen molar-refractivity contribution in [2.75, 3.05) is 13.2 Å². The van der Waals surface area contributed by atoms with E-state index in [-0.39, 0.29) is 30.1 Å². The molecule has 2 heterocycles. The Morgan fingerprint density at radius 3 is 2.22 bits per heavy atom. The SMILES string of the molecule is CC(=O)Oc1ccc(C(=O)OC[C@]2(C)S[C@@H]3N(C(=O)[C@@]3(NC=O)NC(=O)OCC(Cl)(Cl)Cl)C2C(=O)OCc2ccccc2)cc1OC(C)=O. The zero-order valence-electron chi connectivity index (χ0n) is 25.9. The van der Waals surface area contributed by atoms with Gasteiger partial charge >= 0.3 is 30.0 Å². The molecule has 4 rings (SSSR count).